The van der Waals surface area contributed by atoms with Gasteiger partial charge >= 0.3 is 18.0 Å². The van der Waals surface area contributed by atoms with Crippen LogP contribution in [0.1, 0.15) is 12.5 Å². The maximum absolute atomic E-state index is 11.6. The van der Waals surface area contributed by atoms with Gasteiger partial charge in [-0.1, -0.05) is 42.5 Å². The summed E-state index contributed by atoms with van der Waals surface area (Å²) in [6.07, 6.45) is 5.24. The molecule has 1 amide bonds. The van der Waals surface area contributed by atoms with Crippen molar-refractivity contribution < 1.29 is 29.3 Å². The molecule has 1 heterocycles. The summed E-state index contributed by atoms with van der Waals surface area (Å²) in [5.74, 6) is -2.51. The van der Waals surface area contributed by atoms with Crippen LogP contribution in [0.25, 0.3) is 6.08 Å². The number of hydrogen-bond acceptors (Lipinski definition) is 5. The molecule has 8 heteroatoms. The highest BCUT2D eigenvalue weighted by Gasteiger charge is 2.20. The first-order chi connectivity index (χ1) is 13.4. The fraction of sp³-hybridized carbons (Fsp3) is 0.350. The number of hydrogen-bond donors (Lipinski definition) is 2. The van der Waals surface area contributed by atoms with Crippen molar-refractivity contribution >= 4 is 24.1 Å². The van der Waals surface area contributed by atoms with E-state index in [9.17, 15) is 14.4 Å². The lowest BCUT2D eigenvalue weighted by Gasteiger charge is -2.33. The van der Waals surface area contributed by atoms with Crippen LogP contribution in [0.15, 0.2) is 48.6 Å². The van der Waals surface area contributed by atoms with E-state index in [1.165, 1.54) is 5.56 Å². The first kappa shape index (κ1) is 22.9. The number of ether oxygens (including phenoxy) is 1. The summed E-state index contributed by atoms with van der Waals surface area (Å²) in [6.45, 7) is 6.50. The van der Waals surface area contributed by atoms with Crippen LogP contribution in [-0.2, 0) is 14.3 Å². The van der Waals surface area contributed by atoms with Gasteiger partial charge < -0.3 is 19.8 Å². The Hall–Kier alpha value is -3.13. The molecule has 1 aromatic rings. The van der Waals surface area contributed by atoms with E-state index in [-0.39, 0.29) is 6.09 Å². The lowest BCUT2D eigenvalue weighted by molar-refractivity contribution is -0.134. The Morgan fingerprint density at radius 2 is 1.57 bits per heavy atom. The van der Waals surface area contributed by atoms with Crippen molar-refractivity contribution in [2.45, 2.75) is 6.92 Å². The number of amides is 1. The molecular formula is C20H26N2O6. The van der Waals surface area contributed by atoms with Crippen molar-refractivity contribution in [2.24, 2.45) is 0 Å². The van der Waals surface area contributed by atoms with Crippen LogP contribution in [-0.4, -0.2) is 77.4 Å². The monoisotopic (exact) mass is 390 g/mol. The Kier molecular flexibility index (Phi) is 10.7. The molecule has 152 valence electrons. The standard InChI is InChI=1S/C16H22N2O2.C4H4O4/c1-2-20-16(19)18-13-11-17(12-14-18)10-6-9-15-7-4-3-5-8-15;5-3(6)1-2-4(7)8/h3-9H,2,10-14H2,1H3;1-2H,(H,5,6)(H,7,8)/b9-6+;2-1-. The van der Waals surface area contributed by atoms with Crippen molar-refractivity contribution in [3.63, 3.8) is 0 Å². The minimum atomic E-state index is -1.26. The molecule has 8 nitrogen and oxygen atoms in total. The van der Waals surface area contributed by atoms with Crippen LogP contribution < -0.4 is 0 Å². The summed E-state index contributed by atoms with van der Waals surface area (Å²) in [7, 11) is 0. The topological polar surface area (TPSA) is 107 Å². The van der Waals surface area contributed by atoms with Crippen LogP contribution in [0.3, 0.4) is 0 Å². The maximum Gasteiger partial charge on any atom is 0.409 e. The molecule has 2 rings (SSSR count). The molecule has 1 aliphatic heterocycles. The van der Waals surface area contributed by atoms with Gasteiger partial charge in [0.2, 0.25) is 0 Å². The van der Waals surface area contributed by atoms with E-state index in [0.29, 0.717) is 18.8 Å². The minimum absolute atomic E-state index is 0.188. The zero-order valence-electron chi connectivity index (χ0n) is 15.9. The van der Waals surface area contributed by atoms with E-state index in [1.807, 2.05) is 25.1 Å². The van der Waals surface area contributed by atoms with Gasteiger partial charge in [-0.3, -0.25) is 4.90 Å². The summed E-state index contributed by atoms with van der Waals surface area (Å²) < 4.78 is 5.01. The van der Waals surface area contributed by atoms with Crippen LogP contribution in [0.2, 0.25) is 0 Å². The zero-order valence-corrected chi connectivity index (χ0v) is 15.9. The summed E-state index contributed by atoms with van der Waals surface area (Å²) in [6, 6.07) is 10.3. The minimum Gasteiger partial charge on any atom is -0.478 e. The second-order valence-electron chi connectivity index (χ2n) is 5.81. The highest BCUT2D eigenvalue weighted by Crippen LogP contribution is 2.05. The van der Waals surface area contributed by atoms with Gasteiger partial charge in [0, 0.05) is 44.9 Å². The molecule has 0 bridgehead atoms. The lowest BCUT2D eigenvalue weighted by atomic mass is 10.2. The van der Waals surface area contributed by atoms with Crippen LogP contribution in [0.4, 0.5) is 4.79 Å². The van der Waals surface area contributed by atoms with Gasteiger partial charge in [-0.25, -0.2) is 14.4 Å². The van der Waals surface area contributed by atoms with Crippen LogP contribution >= 0.6 is 0 Å². The number of piperazine rings is 1. The third-order valence-electron chi connectivity index (χ3n) is 3.74. The maximum atomic E-state index is 11.6. The van der Waals surface area contributed by atoms with Crippen molar-refractivity contribution in [3.8, 4) is 0 Å². The largest absolute Gasteiger partial charge is 0.478 e. The Bertz CT molecular complexity index is 663. The Morgan fingerprint density at radius 1 is 1.00 bits per heavy atom. The predicted octanol–water partition coefficient (Wildman–Crippen LogP) is 2.19. The lowest BCUT2D eigenvalue weighted by Crippen LogP contribution is -2.48. The van der Waals surface area contributed by atoms with E-state index in [4.69, 9.17) is 14.9 Å². The molecule has 1 aliphatic rings. The number of carbonyl (C=O) groups is 3. The van der Waals surface area contributed by atoms with Gasteiger partial charge in [0.15, 0.2) is 0 Å². The molecule has 1 aromatic carbocycles. The van der Waals surface area contributed by atoms with Crippen LogP contribution in [0, 0.1) is 0 Å². The van der Waals surface area contributed by atoms with Gasteiger partial charge in [0.1, 0.15) is 0 Å². The fourth-order valence-corrected chi connectivity index (χ4v) is 2.37. The first-order valence-corrected chi connectivity index (χ1v) is 8.92. The van der Waals surface area contributed by atoms with E-state index < -0.39 is 11.9 Å². The highest BCUT2D eigenvalue weighted by atomic mass is 16.6. The van der Waals surface area contributed by atoms with Gasteiger partial charge in [-0.15, -0.1) is 0 Å². The van der Waals surface area contributed by atoms with Gasteiger partial charge in [-0.2, -0.15) is 0 Å². The quantitative estimate of drug-likeness (QED) is 0.717. The molecule has 1 fully saturated rings. The smallest absolute Gasteiger partial charge is 0.409 e. The van der Waals surface area contributed by atoms with E-state index >= 15 is 0 Å². The van der Waals surface area contributed by atoms with Gasteiger partial charge in [-0.05, 0) is 12.5 Å². The molecule has 2 N–H and O–H groups in total. The predicted molar refractivity (Wildman–Crippen MR) is 105 cm³/mol. The summed E-state index contributed by atoms with van der Waals surface area (Å²) in [4.78, 5) is 34.8. The van der Waals surface area contributed by atoms with Crippen LogP contribution in [0.5, 0.6) is 0 Å². The average Bonchev–Trinajstić information content (AvgIpc) is 2.68. The van der Waals surface area contributed by atoms with E-state index in [0.717, 1.165) is 32.7 Å². The molecule has 0 unspecified atom stereocenters. The number of rotatable bonds is 6. The molecule has 0 aliphatic carbocycles. The van der Waals surface area contributed by atoms with Gasteiger partial charge in [0.25, 0.3) is 0 Å². The molecular weight excluding hydrogens is 364 g/mol. The first-order valence-electron chi connectivity index (χ1n) is 8.92. The number of carbonyl (C=O) groups excluding carboxylic acids is 1. The summed E-state index contributed by atoms with van der Waals surface area (Å²) >= 11 is 0. The van der Waals surface area contributed by atoms with Crippen molar-refractivity contribution in [1.29, 1.82) is 0 Å². The zero-order chi connectivity index (χ0) is 20.8. The Morgan fingerprint density at radius 3 is 2.07 bits per heavy atom. The van der Waals surface area contributed by atoms with E-state index in [2.05, 4.69) is 29.2 Å². The number of carboxylic acids is 2. The van der Waals surface area contributed by atoms with Crippen molar-refractivity contribution in [3.05, 3.63) is 54.1 Å². The molecule has 1 saturated heterocycles. The number of nitrogens with zero attached hydrogens (tertiary/aromatic N) is 2. The second kappa shape index (κ2) is 13.1. The highest BCUT2D eigenvalue weighted by molar-refractivity contribution is 5.89. The fourth-order valence-electron chi connectivity index (χ4n) is 2.37. The molecule has 0 spiro atoms. The summed E-state index contributed by atoms with van der Waals surface area (Å²) in [5.41, 5.74) is 1.22. The normalized spacial score (nSPS) is 14.5. The number of carboxylic acid groups (broad SMARTS) is 2. The Balaban J connectivity index is 0.000000416. The number of benzene rings is 1. The van der Waals surface area contributed by atoms with Crippen molar-refractivity contribution in [1.82, 2.24) is 9.80 Å². The third-order valence-corrected chi connectivity index (χ3v) is 3.74. The molecule has 0 aromatic heterocycles. The average molecular weight is 390 g/mol. The molecule has 0 saturated carbocycles. The molecule has 0 atom stereocenters. The third kappa shape index (κ3) is 10.1. The Labute approximate surface area is 164 Å². The van der Waals surface area contributed by atoms with Gasteiger partial charge in [0.05, 0.1) is 6.61 Å². The second-order valence-corrected chi connectivity index (χ2v) is 5.81. The number of aliphatic carboxylic acids is 2. The van der Waals surface area contributed by atoms with E-state index in [1.54, 1.807) is 4.90 Å². The molecule has 28 heavy (non-hydrogen) atoms. The molecule has 0 radical (unpaired) electrons. The SMILES string of the molecule is CCOC(=O)N1CCN(C/C=C/c2ccccc2)CC1.O=C(O)/C=C\C(=O)O. The summed E-state index contributed by atoms with van der Waals surface area (Å²) in [5, 5.41) is 15.6. The van der Waals surface area contributed by atoms with Crippen molar-refractivity contribution in [2.75, 3.05) is 39.3 Å².